The Bertz CT molecular complexity index is 429. The van der Waals surface area contributed by atoms with Crippen molar-refractivity contribution < 1.29 is 14.0 Å². The number of nitrogens with one attached hydrogen (secondary N) is 1. The van der Waals surface area contributed by atoms with Crippen LogP contribution in [0.2, 0.25) is 0 Å². The minimum Gasteiger partial charge on any atom is -0.368 e. The average Bonchev–Trinajstić information content (AvgIpc) is 2.28. The van der Waals surface area contributed by atoms with E-state index in [1.54, 1.807) is 0 Å². The number of primary amides is 1. The fourth-order valence-electron chi connectivity index (χ4n) is 1.56. The summed E-state index contributed by atoms with van der Waals surface area (Å²) in [6.07, 6.45) is 0.474. The number of nitrogens with two attached hydrogens (primary N) is 1. The zero-order valence-corrected chi connectivity index (χ0v) is 10.4. The van der Waals surface area contributed by atoms with E-state index in [9.17, 15) is 14.0 Å². The number of hydrogen-bond donors (Lipinski definition) is 2. The molecule has 1 rings (SSSR count). The fourth-order valence-corrected chi connectivity index (χ4v) is 1.56. The number of carbonyl (C=O) groups excluding carboxylic acids is 2. The summed E-state index contributed by atoms with van der Waals surface area (Å²) < 4.78 is 12.7. The molecule has 0 heterocycles. The van der Waals surface area contributed by atoms with Gasteiger partial charge in [-0.25, -0.2) is 4.39 Å². The lowest BCUT2D eigenvalue weighted by atomic mass is 10.0. The molecule has 0 radical (unpaired) electrons. The molecular weight excluding hydrogens is 235 g/mol. The molecule has 0 aliphatic heterocycles. The van der Waals surface area contributed by atoms with E-state index >= 15 is 0 Å². The summed E-state index contributed by atoms with van der Waals surface area (Å²) in [5.74, 6) is -1.19. The molecule has 2 amide bonds. The van der Waals surface area contributed by atoms with Gasteiger partial charge in [-0.15, -0.1) is 0 Å². The minimum absolute atomic E-state index is 0.232. The molecule has 0 unspecified atom stereocenters. The normalized spacial score (nSPS) is 12.2. The van der Waals surface area contributed by atoms with Crippen LogP contribution in [0.1, 0.15) is 30.6 Å². The third-order valence-corrected chi connectivity index (χ3v) is 2.46. The number of halogens is 1. The molecule has 0 bridgehead atoms. The molecule has 98 valence electrons. The van der Waals surface area contributed by atoms with Crippen molar-refractivity contribution in [2.75, 3.05) is 0 Å². The highest BCUT2D eigenvalue weighted by Crippen LogP contribution is 2.07. The van der Waals surface area contributed by atoms with Gasteiger partial charge in [0.2, 0.25) is 5.91 Å². The Hall–Kier alpha value is -1.91. The lowest BCUT2D eigenvalue weighted by molar-refractivity contribution is -0.120. The molecule has 18 heavy (non-hydrogen) atoms. The molecule has 0 fully saturated rings. The van der Waals surface area contributed by atoms with Crippen molar-refractivity contribution in [3.05, 3.63) is 35.6 Å². The number of amides is 2. The molecule has 1 aromatic carbocycles. The van der Waals surface area contributed by atoms with Crippen molar-refractivity contribution in [2.24, 2.45) is 11.7 Å². The van der Waals surface area contributed by atoms with E-state index in [0.29, 0.717) is 12.0 Å². The molecule has 1 aromatic rings. The van der Waals surface area contributed by atoms with Gasteiger partial charge in [-0.2, -0.15) is 0 Å². The van der Waals surface area contributed by atoms with E-state index in [1.807, 2.05) is 13.8 Å². The van der Waals surface area contributed by atoms with Crippen LogP contribution in [0.15, 0.2) is 24.3 Å². The van der Waals surface area contributed by atoms with Crippen molar-refractivity contribution >= 4 is 11.8 Å². The van der Waals surface area contributed by atoms with Crippen molar-refractivity contribution in [2.45, 2.75) is 26.3 Å². The highest BCUT2D eigenvalue weighted by molar-refractivity contribution is 5.97. The molecule has 0 aliphatic carbocycles. The standard InChI is InChI=1S/C13H17FN2O2/c1-8(2)7-11(12(15)17)16-13(18)9-3-5-10(14)6-4-9/h3-6,8,11H,7H2,1-2H3,(H2,15,17)(H,16,18)/t11-/m0/s1. The molecule has 1 atom stereocenters. The average molecular weight is 252 g/mol. The Balaban J connectivity index is 2.72. The van der Waals surface area contributed by atoms with E-state index < -0.39 is 23.7 Å². The predicted octanol–water partition coefficient (Wildman–Crippen LogP) is 1.46. The van der Waals surface area contributed by atoms with Crippen LogP contribution in [-0.2, 0) is 4.79 Å². The van der Waals surface area contributed by atoms with Gasteiger partial charge in [0.15, 0.2) is 0 Å². The van der Waals surface area contributed by atoms with E-state index in [1.165, 1.54) is 24.3 Å². The van der Waals surface area contributed by atoms with Crippen LogP contribution in [0.3, 0.4) is 0 Å². The maximum absolute atomic E-state index is 12.7. The molecule has 0 aliphatic rings. The van der Waals surface area contributed by atoms with Gasteiger partial charge in [-0.3, -0.25) is 9.59 Å². The zero-order chi connectivity index (χ0) is 13.7. The molecule has 3 N–H and O–H groups in total. The first kappa shape index (κ1) is 14.2. The summed E-state index contributed by atoms with van der Waals surface area (Å²) in [4.78, 5) is 23.0. The topological polar surface area (TPSA) is 72.2 Å². The largest absolute Gasteiger partial charge is 0.368 e. The molecule has 5 heteroatoms. The van der Waals surface area contributed by atoms with Crippen molar-refractivity contribution in [1.82, 2.24) is 5.32 Å². The first-order chi connectivity index (χ1) is 8.40. The molecule has 0 saturated carbocycles. The van der Waals surface area contributed by atoms with Gasteiger partial charge in [0, 0.05) is 5.56 Å². The van der Waals surface area contributed by atoms with E-state index in [0.717, 1.165) is 0 Å². The maximum atomic E-state index is 12.7. The smallest absolute Gasteiger partial charge is 0.251 e. The van der Waals surface area contributed by atoms with Gasteiger partial charge in [-0.05, 0) is 36.6 Å². The molecular formula is C13H17FN2O2. The van der Waals surface area contributed by atoms with E-state index in [-0.39, 0.29) is 5.92 Å². The summed E-state index contributed by atoms with van der Waals surface area (Å²) >= 11 is 0. The molecule has 0 spiro atoms. The second-order valence-electron chi connectivity index (χ2n) is 4.56. The Morgan fingerprint density at radius 3 is 2.28 bits per heavy atom. The van der Waals surface area contributed by atoms with E-state index in [4.69, 9.17) is 5.73 Å². The molecule has 0 saturated heterocycles. The zero-order valence-electron chi connectivity index (χ0n) is 10.4. The lowest BCUT2D eigenvalue weighted by Gasteiger charge is -2.17. The Morgan fingerprint density at radius 1 is 1.28 bits per heavy atom. The second kappa shape index (κ2) is 6.14. The van der Waals surface area contributed by atoms with Gasteiger partial charge in [0.05, 0.1) is 0 Å². The first-order valence-electron chi connectivity index (χ1n) is 5.76. The summed E-state index contributed by atoms with van der Waals surface area (Å²) in [5, 5.41) is 2.55. The number of hydrogen-bond acceptors (Lipinski definition) is 2. The summed E-state index contributed by atoms with van der Waals surface area (Å²) in [6.45, 7) is 3.86. The predicted molar refractivity (Wildman–Crippen MR) is 66.3 cm³/mol. The Kier molecular flexibility index (Phi) is 4.83. The quantitative estimate of drug-likeness (QED) is 0.832. The van der Waals surface area contributed by atoms with Gasteiger partial charge in [-0.1, -0.05) is 13.8 Å². The maximum Gasteiger partial charge on any atom is 0.251 e. The van der Waals surface area contributed by atoms with Gasteiger partial charge in [0.1, 0.15) is 11.9 Å². The van der Waals surface area contributed by atoms with Crippen molar-refractivity contribution in [3.8, 4) is 0 Å². The third-order valence-electron chi connectivity index (χ3n) is 2.46. The minimum atomic E-state index is -0.706. The number of benzene rings is 1. The van der Waals surface area contributed by atoms with Crippen LogP contribution < -0.4 is 11.1 Å². The van der Waals surface area contributed by atoms with Crippen LogP contribution >= 0.6 is 0 Å². The van der Waals surface area contributed by atoms with Gasteiger partial charge >= 0.3 is 0 Å². The Labute approximate surface area is 105 Å². The molecule has 0 aromatic heterocycles. The SMILES string of the molecule is CC(C)C[C@H](NC(=O)c1ccc(F)cc1)C(N)=O. The van der Waals surface area contributed by atoms with Crippen LogP contribution in [0.5, 0.6) is 0 Å². The highest BCUT2D eigenvalue weighted by atomic mass is 19.1. The second-order valence-corrected chi connectivity index (χ2v) is 4.56. The summed E-state index contributed by atoms with van der Waals surface area (Å²) in [5.41, 5.74) is 5.52. The lowest BCUT2D eigenvalue weighted by Crippen LogP contribution is -2.45. The monoisotopic (exact) mass is 252 g/mol. The Morgan fingerprint density at radius 2 is 1.83 bits per heavy atom. The van der Waals surface area contributed by atoms with Crippen molar-refractivity contribution in [1.29, 1.82) is 0 Å². The molecule has 4 nitrogen and oxygen atoms in total. The van der Waals surface area contributed by atoms with Gasteiger partial charge < -0.3 is 11.1 Å². The summed E-state index contributed by atoms with van der Waals surface area (Å²) in [7, 11) is 0. The van der Waals surface area contributed by atoms with Crippen molar-refractivity contribution in [3.63, 3.8) is 0 Å². The van der Waals surface area contributed by atoms with E-state index in [2.05, 4.69) is 5.32 Å². The number of carbonyl (C=O) groups is 2. The van der Waals surface area contributed by atoms with Crippen LogP contribution in [-0.4, -0.2) is 17.9 Å². The number of rotatable bonds is 5. The summed E-state index contributed by atoms with van der Waals surface area (Å²) in [6, 6.07) is 4.39. The van der Waals surface area contributed by atoms with Gasteiger partial charge in [0.25, 0.3) is 5.91 Å². The van der Waals surface area contributed by atoms with Crippen LogP contribution in [0, 0.1) is 11.7 Å². The fraction of sp³-hybridized carbons (Fsp3) is 0.385. The van der Waals surface area contributed by atoms with Crippen LogP contribution in [0.4, 0.5) is 4.39 Å². The third kappa shape index (κ3) is 4.16. The van der Waals surface area contributed by atoms with Crippen LogP contribution in [0.25, 0.3) is 0 Å². The highest BCUT2D eigenvalue weighted by Gasteiger charge is 2.19. The first-order valence-corrected chi connectivity index (χ1v) is 5.76.